The summed E-state index contributed by atoms with van der Waals surface area (Å²) in [4.78, 5) is 8.28. The Balaban J connectivity index is 2.11. The number of rotatable bonds is 2. The van der Waals surface area contributed by atoms with Gasteiger partial charge in [0.25, 0.3) is 0 Å². The van der Waals surface area contributed by atoms with Crippen molar-refractivity contribution in [1.29, 1.82) is 0 Å². The highest BCUT2D eigenvalue weighted by atomic mass is 19.4. The quantitative estimate of drug-likeness (QED) is 0.912. The van der Waals surface area contributed by atoms with Crippen LogP contribution < -0.4 is 5.32 Å². The Morgan fingerprint density at radius 3 is 2.43 bits per heavy atom. The molecule has 0 atom stereocenters. The summed E-state index contributed by atoms with van der Waals surface area (Å²) in [5.74, 6) is 0.194. The van der Waals surface area contributed by atoms with Crippen LogP contribution in [0.3, 0.4) is 0 Å². The molecule has 21 heavy (non-hydrogen) atoms. The number of nitrogens with one attached hydrogen (secondary N) is 1. The van der Waals surface area contributed by atoms with Crippen LogP contribution in [0.4, 0.5) is 13.2 Å². The Kier molecular flexibility index (Phi) is 3.65. The molecule has 1 saturated carbocycles. The average Bonchev–Trinajstić information content (AvgIpc) is 2.94. The number of fused-ring (bicyclic) bond motifs is 1. The van der Waals surface area contributed by atoms with Gasteiger partial charge in [-0.3, -0.25) is 0 Å². The van der Waals surface area contributed by atoms with Crippen LogP contribution >= 0.6 is 0 Å². The van der Waals surface area contributed by atoms with E-state index in [1.807, 2.05) is 0 Å². The first-order valence-electron chi connectivity index (χ1n) is 7.20. The molecule has 1 aliphatic carbocycles. The van der Waals surface area contributed by atoms with E-state index in [0.29, 0.717) is 25.1 Å². The summed E-state index contributed by atoms with van der Waals surface area (Å²) in [5, 5.41) is 2.92. The van der Waals surface area contributed by atoms with Gasteiger partial charge in [-0.05, 0) is 12.8 Å². The highest BCUT2D eigenvalue weighted by Gasteiger charge is 2.43. The van der Waals surface area contributed by atoms with Crippen LogP contribution in [0.5, 0.6) is 0 Å². The maximum absolute atomic E-state index is 13.3. The van der Waals surface area contributed by atoms with Crippen molar-refractivity contribution in [2.24, 2.45) is 0 Å². The first-order valence-corrected chi connectivity index (χ1v) is 7.20. The van der Waals surface area contributed by atoms with Gasteiger partial charge in [0.05, 0.1) is 5.69 Å². The maximum atomic E-state index is 13.3. The molecular weight excluding hydrogens is 283 g/mol. The lowest BCUT2D eigenvalue weighted by atomic mass is 9.83. The summed E-state index contributed by atoms with van der Waals surface area (Å²) < 4.78 is 45.4. The molecule has 116 valence electrons. The van der Waals surface area contributed by atoms with E-state index in [9.17, 15) is 13.2 Å². The van der Waals surface area contributed by atoms with Crippen LogP contribution in [0.25, 0.3) is 0 Å². The molecule has 2 aliphatic rings. The summed E-state index contributed by atoms with van der Waals surface area (Å²) in [6, 6.07) is 0. The summed E-state index contributed by atoms with van der Waals surface area (Å²) in [7, 11) is 1.54. The summed E-state index contributed by atoms with van der Waals surface area (Å²) >= 11 is 0. The van der Waals surface area contributed by atoms with Gasteiger partial charge in [0.15, 0.2) is 11.5 Å². The molecule has 0 radical (unpaired) electrons. The molecule has 0 aromatic carbocycles. The van der Waals surface area contributed by atoms with Crippen LogP contribution in [0.15, 0.2) is 0 Å². The standard InChI is InChI=1S/C14H18F3N3O/c1-21-13(5-3-2-4-6-13)12-19-10-8-18-7-9(10)11(20-12)14(15,16)17/h18H,2-8H2,1H3. The predicted octanol–water partition coefficient (Wildman–Crippen LogP) is 2.90. The molecule has 3 rings (SSSR count). The minimum Gasteiger partial charge on any atom is -0.370 e. The van der Waals surface area contributed by atoms with Crippen LogP contribution in [0, 0.1) is 0 Å². The van der Waals surface area contributed by atoms with Gasteiger partial charge in [0.1, 0.15) is 5.60 Å². The minimum atomic E-state index is -4.46. The van der Waals surface area contributed by atoms with E-state index in [-0.39, 0.29) is 17.9 Å². The van der Waals surface area contributed by atoms with Crippen molar-refractivity contribution in [1.82, 2.24) is 15.3 Å². The number of alkyl halides is 3. The third-order valence-electron chi connectivity index (χ3n) is 4.41. The van der Waals surface area contributed by atoms with Crippen LogP contribution in [-0.4, -0.2) is 17.1 Å². The van der Waals surface area contributed by atoms with Gasteiger partial charge in [0, 0.05) is 25.8 Å². The van der Waals surface area contributed by atoms with Crippen molar-refractivity contribution in [3.8, 4) is 0 Å². The minimum absolute atomic E-state index is 0.171. The first-order chi connectivity index (χ1) is 9.96. The molecule has 0 saturated heterocycles. The number of halogens is 3. The lowest BCUT2D eigenvalue weighted by molar-refractivity contribution is -0.142. The number of hydrogen-bond donors (Lipinski definition) is 1. The normalized spacial score (nSPS) is 21.3. The molecule has 1 aromatic heterocycles. The third-order valence-corrected chi connectivity index (χ3v) is 4.41. The maximum Gasteiger partial charge on any atom is 0.433 e. The molecule has 2 heterocycles. The van der Waals surface area contributed by atoms with Gasteiger partial charge in [-0.25, -0.2) is 9.97 Å². The highest BCUT2D eigenvalue weighted by Crippen LogP contribution is 2.41. The van der Waals surface area contributed by atoms with Crippen molar-refractivity contribution in [2.75, 3.05) is 7.11 Å². The Labute approximate surface area is 121 Å². The fourth-order valence-electron chi connectivity index (χ4n) is 3.25. The highest BCUT2D eigenvalue weighted by molar-refractivity contribution is 5.32. The molecule has 0 spiro atoms. The summed E-state index contributed by atoms with van der Waals surface area (Å²) in [6.45, 7) is 0.526. The molecular formula is C14H18F3N3O. The summed E-state index contributed by atoms with van der Waals surface area (Å²) in [5.41, 5.74) is -0.951. The average molecular weight is 301 g/mol. The van der Waals surface area contributed by atoms with Crippen molar-refractivity contribution < 1.29 is 17.9 Å². The van der Waals surface area contributed by atoms with Gasteiger partial charge in [-0.1, -0.05) is 19.3 Å². The molecule has 1 aromatic rings. The van der Waals surface area contributed by atoms with Crippen LogP contribution in [-0.2, 0) is 29.6 Å². The first kappa shape index (κ1) is 14.7. The van der Waals surface area contributed by atoms with E-state index >= 15 is 0 Å². The van der Waals surface area contributed by atoms with E-state index in [2.05, 4.69) is 15.3 Å². The van der Waals surface area contributed by atoms with E-state index < -0.39 is 17.5 Å². The van der Waals surface area contributed by atoms with E-state index in [0.717, 1.165) is 19.3 Å². The van der Waals surface area contributed by atoms with Gasteiger partial charge in [-0.2, -0.15) is 13.2 Å². The lowest BCUT2D eigenvalue weighted by Gasteiger charge is -2.35. The third kappa shape index (κ3) is 2.53. The number of methoxy groups -OCH3 is 1. The molecule has 7 heteroatoms. The molecule has 1 aliphatic heterocycles. The van der Waals surface area contributed by atoms with Gasteiger partial charge < -0.3 is 10.1 Å². The van der Waals surface area contributed by atoms with Gasteiger partial charge >= 0.3 is 6.18 Å². The topological polar surface area (TPSA) is 47.0 Å². The smallest absolute Gasteiger partial charge is 0.370 e. The number of ether oxygens (including phenoxy) is 1. The van der Waals surface area contributed by atoms with Gasteiger partial charge in [-0.15, -0.1) is 0 Å². The van der Waals surface area contributed by atoms with E-state index in [1.54, 1.807) is 0 Å². The van der Waals surface area contributed by atoms with Crippen molar-refractivity contribution in [2.45, 2.75) is 57.0 Å². The zero-order valence-corrected chi connectivity index (χ0v) is 11.9. The fourth-order valence-corrected chi connectivity index (χ4v) is 3.25. The number of nitrogens with zero attached hydrogens (tertiary/aromatic N) is 2. The fraction of sp³-hybridized carbons (Fsp3) is 0.714. The molecule has 1 fully saturated rings. The van der Waals surface area contributed by atoms with Crippen molar-refractivity contribution in [3.63, 3.8) is 0 Å². The number of hydrogen-bond acceptors (Lipinski definition) is 4. The monoisotopic (exact) mass is 301 g/mol. The second-order valence-electron chi connectivity index (χ2n) is 5.68. The van der Waals surface area contributed by atoms with Crippen LogP contribution in [0.1, 0.15) is 54.9 Å². The lowest BCUT2D eigenvalue weighted by Crippen LogP contribution is -2.34. The Hall–Kier alpha value is -1.21. The van der Waals surface area contributed by atoms with Crippen molar-refractivity contribution >= 4 is 0 Å². The van der Waals surface area contributed by atoms with E-state index in [1.165, 1.54) is 7.11 Å². The zero-order valence-electron chi connectivity index (χ0n) is 11.9. The molecule has 0 bridgehead atoms. The SMILES string of the molecule is COC1(c2nc3c(c(C(F)(F)F)n2)CNC3)CCCCC1. The molecule has 4 nitrogen and oxygen atoms in total. The Morgan fingerprint density at radius 1 is 1.10 bits per heavy atom. The van der Waals surface area contributed by atoms with Crippen molar-refractivity contribution in [3.05, 3.63) is 22.8 Å². The second kappa shape index (κ2) is 5.21. The Bertz CT molecular complexity index is 539. The Morgan fingerprint density at radius 2 is 1.81 bits per heavy atom. The molecule has 0 unspecified atom stereocenters. The molecule has 1 N–H and O–H groups in total. The number of aromatic nitrogens is 2. The van der Waals surface area contributed by atoms with Crippen LogP contribution in [0.2, 0.25) is 0 Å². The van der Waals surface area contributed by atoms with Gasteiger partial charge in [0.2, 0.25) is 0 Å². The largest absolute Gasteiger partial charge is 0.433 e. The van der Waals surface area contributed by atoms with E-state index in [4.69, 9.17) is 4.74 Å². The summed E-state index contributed by atoms with van der Waals surface area (Å²) in [6.07, 6.45) is -0.192. The molecule has 0 amide bonds. The zero-order chi connectivity index (χ0) is 15.1. The predicted molar refractivity (Wildman–Crippen MR) is 69.3 cm³/mol. The second-order valence-corrected chi connectivity index (χ2v) is 5.68.